The van der Waals surface area contributed by atoms with Crippen LogP contribution in [0.3, 0.4) is 0 Å². The molecule has 0 fully saturated rings. The van der Waals surface area contributed by atoms with Crippen molar-refractivity contribution in [2.75, 3.05) is 12.3 Å². The summed E-state index contributed by atoms with van der Waals surface area (Å²) in [5.41, 5.74) is 9.43. The highest BCUT2D eigenvalue weighted by Crippen LogP contribution is 2.25. The Balaban J connectivity index is 1.89. The fraction of sp³-hybridized carbons (Fsp3) is 0.130. The third-order valence-corrected chi connectivity index (χ3v) is 4.38. The highest BCUT2D eigenvalue weighted by atomic mass is 16.5. The Morgan fingerprint density at radius 1 is 1.14 bits per heavy atom. The first-order valence-electron chi connectivity index (χ1n) is 8.97. The highest BCUT2D eigenvalue weighted by molar-refractivity contribution is 6.11. The molecule has 0 aliphatic heterocycles. The first-order chi connectivity index (χ1) is 13.9. The molecule has 0 aliphatic rings. The van der Waals surface area contributed by atoms with Crippen molar-refractivity contribution in [2.45, 2.75) is 13.8 Å². The van der Waals surface area contributed by atoms with E-state index < -0.39 is 0 Å². The van der Waals surface area contributed by atoms with Crippen LogP contribution >= 0.6 is 0 Å². The summed E-state index contributed by atoms with van der Waals surface area (Å²) in [5, 5.41) is 17.4. The summed E-state index contributed by atoms with van der Waals surface area (Å²) in [7, 11) is 0. The minimum atomic E-state index is -0.240. The van der Waals surface area contributed by atoms with Gasteiger partial charge in [-0.3, -0.25) is 4.79 Å². The Bertz CT molecular complexity index is 1150. The van der Waals surface area contributed by atoms with Gasteiger partial charge in [0.2, 0.25) is 0 Å². The van der Waals surface area contributed by atoms with Gasteiger partial charge in [0.05, 0.1) is 22.9 Å². The molecule has 0 amide bonds. The van der Waals surface area contributed by atoms with E-state index in [0.29, 0.717) is 28.0 Å². The summed E-state index contributed by atoms with van der Waals surface area (Å²) in [6.45, 7) is 3.66. The topological polar surface area (TPSA) is 113 Å². The van der Waals surface area contributed by atoms with Crippen LogP contribution in [0.5, 0.6) is 5.75 Å². The third kappa shape index (κ3) is 4.47. The SMILES string of the molecule is Cc1cc(C#N)cc(C(=O)c2cc(C)ccc2OCC(=N)c2cccnc2N)c1. The standard InChI is InChI=1S/C23H20N4O2/c1-14-5-6-21(29-13-20(25)18-4-3-7-27-23(18)26)19(10-14)22(28)17-9-15(2)8-16(11-17)12-24/h3-11,25H,13H2,1-2H3,(H2,26,27). The first-order valence-corrected chi connectivity index (χ1v) is 8.97. The Morgan fingerprint density at radius 2 is 1.93 bits per heavy atom. The van der Waals surface area contributed by atoms with Gasteiger partial charge in [0, 0.05) is 17.3 Å². The van der Waals surface area contributed by atoms with E-state index in [0.717, 1.165) is 11.1 Å². The van der Waals surface area contributed by atoms with Crippen LogP contribution in [-0.2, 0) is 0 Å². The first kappa shape index (κ1) is 19.8. The number of carbonyl (C=O) groups excluding carboxylic acids is 1. The Morgan fingerprint density at radius 3 is 2.66 bits per heavy atom. The molecule has 6 heteroatoms. The molecule has 0 radical (unpaired) electrons. The number of nitrogen functional groups attached to an aromatic ring is 1. The molecule has 0 unspecified atom stereocenters. The lowest BCUT2D eigenvalue weighted by atomic mass is 9.97. The number of rotatable bonds is 6. The van der Waals surface area contributed by atoms with Crippen molar-refractivity contribution < 1.29 is 9.53 Å². The number of ketones is 1. The van der Waals surface area contributed by atoms with E-state index >= 15 is 0 Å². The van der Waals surface area contributed by atoms with E-state index in [1.54, 1.807) is 48.7 Å². The summed E-state index contributed by atoms with van der Waals surface area (Å²) in [6.07, 6.45) is 1.56. The molecule has 0 saturated carbocycles. The molecule has 0 atom stereocenters. The van der Waals surface area contributed by atoms with Crippen molar-refractivity contribution in [3.8, 4) is 11.8 Å². The molecule has 3 rings (SSSR count). The summed E-state index contributed by atoms with van der Waals surface area (Å²) in [6, 6.07) is 15.8. The van der Waals surface area contributed by atoms with Gasteiger partial charge >= 0.3 is 0 Å². The molecule has 144 valence electrons. The number of aromatic nitrogens is 1. The van der Waals surface area contributed by atoms with Crippen LogP contribution in [0.4, 0.5) is 5.82 Å². The van der Waals surface area contributed by atoms with E-state index in [1.165, 1.54) is 0 Å². The Labute approximate surface area is 169 Å². The second kappa shape index (κ2) is 8.36. The Hall–Kier alpha value is -3.98. The second-order valence-electron chi connectivity index (χ2n) is 6.73. The van der Waals surface area contributed by atoms with Crippen molar-refractivity contribution in [3.05, 3.63) is 88.1 Å². The lowest BCUT2D eigenvalue weighted by Gasteiger charge is -2.13. The van der Waals surface area contributed by atoms with Gasteiger partial charge in [-0.2, -0.15) is 5.26 Å². The van der Waals surface area contributed by atoms with Gasteiger partial charge in [0.1, 0.15) is 18.2 Å². The molecule has 3 N–H and O–H groups in total. The molecule has 0 spiro atoms. The number of hydrogen-bond acceptors (Lipinski definition) is 6. The molecule has 1 heterocycles. The lowest BCUT2D eigenvalue weighted by molar-refractivity contribution is 0.103. The fourth-order valence-electron chi connectivity index (χ4n) is 2.98. The number of nitriles is 1. The number of ether oxygens (including phenoxy) is 1. The van der Waals surface area contributed by atoms with Crippen molar-refractivity contribution in [3.63, 3.8) is 0 Å². The maximum absolute atomic E-state index is 13.1. The molecule has 6 nitrogen and oxygen atoms in total. The summed E-state index contributed by atoms with van der Waals surface area (Å²) >= 11 is 0. The number of nitrogens with one attached hydrogen (secondary N) is 1. The Kier molecular flexibility index (Phi) is 5.70. The maximum Gasteiger partial charge on any atom is 0.196 e. The summed E-state index contributed by atoms with van der Waals surface area (Å²) in [4.78, 5) is 17.1. The molecule has 2 aromatic carbocycles. The third-order valence-electron chi connectivity index (χ3n) is 4.38. The number of nitrogens with two attached hydrogens (primary N) is 1. The van der Waals surface area contributed by atoms with Gasteiger partial charge in [0.15, 0.2) is 5.78 Å². The minimum Gasteiger partial charge on any atom is -0.487 e. The predicted octanol–water partition coefficient (Wildman–Crippen LogP) is 3.83. The van der Waals surface area contributed by atoms with Gasteiger partial charge in [0.25, 0.3) is 0 Å². The van der Waals surface area contributed by atoms with Crippen LogP contribution in [0.1, 0.15) is 38.2 Å². The van der Waals surface area contributed by atoms with E-state index in [9.17, 15) is 10.1 Å². The smallest absolute Gasteiger partial charge is 0.196 e. The average molecular weight is 384 g/mol. The van der Waals surface area contributed by atoms with Gasteiger partial charge < -0.3 is 15.9 Å². The summed E-state index contributed by atoms with van der Waals surface area (Å²) in [5.74, 6) is 0.384. The zero-order valence-electron chi connectivity index (χ0n) is 16.2. The van der Waals surface area contributed by atoms with Crippen molar-refractivity contribution >= 4 is 17.3 Å². The van der Waals surface area contributed by atoms with Crippen molar-refractivity contribution in [1.29, 1.82) is 10.7 Å². The molecule has 0 aliphatic carbocycles. The quantitative estimate of drug-likeness (QED) is 0.495. The van der Waals surface area contributed by atoms with Crippen LogP contribution in [-0.4, -0.2) is 23.1 Å². The molecule has 29 heavy (non-hydrogen) atoms. The van der Waals surface area contributed by atoms with E-state index in [2.05, 4.69) is 11.1 Å². The fourth-order valence-corrected chi connectivity index (χ4v) is 2.98. The number of nitrogens with zero attached hydrogens (tertiary/aromatic N) is 2. The van der Waals surface area contributed by atoms with Crippen LogP contribution < -0.4 is 10.5 Å². The monoisotopic (exact) mass is 384 g/mol. The van der Waals surface area contributed by atoms with Crippen molar-refractivity contribution in [1.82, 2.24) is 4.98 Å². The van der Waals surface area contributed by atoms with Crippen molar-refractivity contribution in [2.24, 2.45) is 0 Å². The summed E-state index contributed by atoms with van der Waals surface area (Å²) < 4.78 is 5.80. The molecule has 0 saturated heterocycles. The minimum absolute atomic E-state index is 0.0590. The predicted molar refractivity (Wildman–Crippen MR) is 111 cm³/mol. The van der Waals surface area contributed by atoms with Crippen LogP contribution in [0.2, 0.25) is 0 Å². The number of pyridine rings is 1. The number of aryl methyl sites for hydroxylation is 2. The lowest BCUT2D eigenvalue weighted by Crippen LogP contribution is -2.16. The molecule has 1 aromatic heterocycles. The second-order valence-corrected chi connectivity index (χ2v) is 6.73. The van der Waals surface area contributed by atoms with E-state index in [-0.39, 0.29) is 23.9 Å². The zero-order valence-corrected chi connectivity index (χ0v) is 16.2. The van der Waals surface area contributed by atoms with Gasteiger partial charge in [-0.15, -0.1) is 0 Å². The maximum atomic E-state index is 13.1. The zero-order chi connectivity index (χ0) is 21.0. The number of benzene rings is 2. The van der Waals surface area contributed by atoms with Gasteiger partial charge in [-0.1, -0.05) is 11.6 Å². The van der Waals surface area contributed by atoms with E-state index in [1.807, 2.05) is 19.9 Å². The van der Waals surface area contributed by atoms with E-state index in [4.69, 9.17) is 15.9 Å². The van der Waals surface area contributed by atoms with Crippen LogP contribution in [0, 0.1) is 30.6 Å². The molecule has 3 aromatic rings. The molecular formula is C23H20N4O2. The normalized spacial score (nSPS) is 10.2. The average Bonchev–Trinajstić information content (AvgIpc) is 2.71. The van der Waals surface area contributed by atoms with Gasteiger partial charge in [-0.25, -0.2) is 4.98 Å². The van der Waals surface area contributed by atoms with Crippen LogP contribution in [0.25, 0.3) is 0 Å². The number of carbonyl (C=O) groups is 1. The van der Waals surface area contributed by atoms with Crippen LogP contribution in [0.15, 0.2) is 54.7 Å². The largest absolute Gasteiger partial charge is 0.487 e. The van der Waals surface area contributed by atoms with Gasteiger partial charge in [-0.05, 0) is 61.9 Å². The highest BCUT2D eigenvalue weighted by Gasteiger charge is 2.17. The molecular weight excluding hydrogens is 364 g/mol. The number of anilines is 1. The number of hydrogen-bond donors (Lipinski definition) is 2. The molecule has 0 bridgehead atoms.